The van der Waals surface area contributed by atoms with Gasteiger partial charge in [0.1, 0.15) is 24.1 Å². The lowest BCUT2D eigenvalue weighted by molar-refractivity contribution is -0.937. The fourth-order valence-electron chi connectivity index (χ4n) is 7.16. The second-order valence-corrected chi connectivity index (χ2v) is 11.8. The van der Waals surface area contributed by atoms with Gasteiger partial charge in [0.05, 0.1) is 5.56 Å². The van der Waals surface area contributed by atoms with Crippen molar-refractivity contribution in [1.29, 1.82) is 0 Å². The molecule has 2 N–H and O–H groups in total. The molecule has 200 valence electrons. The second-order valence-electron chi connectivity index (χ2n) is 11.8. The number of halogens is 3. The average Bonchev–Trinajstić information content (AvgIpc) is 3.29. The van der Waals surface area contributed by atoms with Crippen molar-refractivity contribution in [1.82, 2.24) is 14.8 Å². The highest BCUT2D eigenvalue weighted by Crippen LogP contribution is 2.62. The van der Waals surface area contributed by atoms with Crippen LogP contribution >= 0.6 is 0 Å². The number of nitrogens with one attached hydrogen (secondary N) is 2. The van der Waals surface area contributed by atoms with Crippen molar-refractivity contribution >= 4 is 11.5 Å². The molecule has 0 bridgehead atoms. The van der Waals surface area contributed by atoms with Crippen molar-refractivity contribution in [2.75, 3.05) is 44.6 Å². The van der Waals surface area contributed by atoms with E-state index in [2.05, 4.69) is 33.9 Å². The summed E-state index contributed by atoms with van der Waals surface area (Å²) in [6.45, 7) is 14.1. The number of rotatable bonds is 8. The fraction of sp³-hybridized carbons (Fsp3) is 0.778. The van der Waals surface area contributed by atoms with Crippen molar-refractivity contribution < 1.29 is 18.2 Å². The number of anilines is 1. The Morgan fingerprint density at radius 3 is 2.67 bits per heavy atom. The van der Waals surface area contributed by atoms with Gasteiger partial charge >= 0.3 is 6.18 Å². The van der Waals surface area contributed by atoms with E-state index in [9.17, 15) is 13.2 Å². The number of fused-ring (bicyclic) bond motifs is 2. The molecule has 2 aliphatic carbocycles. The largest absolute Gasteiger partial charge is 0.419 e. The quantitative estimate of drug-likeness (QED) is 0.418. The maximum absolute atomic E-state index is 13.7. The SMILES string of the molecule is CCNc1ncc(C(C)=N[NH+](CC23CCC2C(N2CCN4CCCC4C2)C3)C(C)C)cc1C(F)(F)F. The van der Waals surface area contributed by atoms with Crippen LogP contribution in [0, 0.1) is 11.3 Å². The number of quaternary nitrogens is 1. The molecule has 9 heteroatoms. The van der Waals surface area contributed by atoms with Crippen molar-refractivity contribution in [2.24, 2.45) is 16.4 Å². The number of nitrogens with zero attached hydrogens (tertiary/aromatic N) is 4. The second kappa shape index (κ2) is 9.87. The zero-order chi connectivity index (χ0) is 25.7. The zero-order valence-electron chi connectivity index (χ0n) is 22.2. The molecule has 4 aliphatic rings. The summed E-state index contributed by atoms with van der Waals surface area (Å²) in [4.78, 5) is 9.54. The summed E-state index contributed by atoms with van der Waals surface area (Å²) in [7, 11) is 0. The molecule has 4 fully saturated rings. The summed E-state index contributed by atoms with van der Waals surface area (Å²) in [6, 6.07) is 2.91. The predicted molar refractivity (Wildman–Crippen MR) is 136 cm³/mol. The van der Waals surface area contributed by atoms with Gasteiger partial charge < -0.3 is 5.32 Å². The first kappa shape index (κ1) is 25.9. The van der Waals surface area contributed by atoms with Crippen molar-refractivity contribution in [3.05, 3.63) is 23.4 Å². The molecule has 1 aromatic rings. The summed E-state index contributed by atoms with van der Waals surface area (Å²) < 4.78 is 41.0. The Bertz CT molecular complexity index is 979. The van der Waals surface area contributed by atoms with E-state index in [-0.39, 0.29) is 11.9 Å². The number of alkyl halides is 3. The van der Waals surface area contributed by atoms with Crippen LogP contribution in [0.1, 0.15) is 70.9 Å². The molecule has 5 unspecified atom stereocenters. The van der Waals surface area contributed by atoms with Crippen LogP contribution in [0.4, 0.5) is 19.0 Å². The number of piperazine rings is 1. The summed E-state index contributed by atoms with van der Waals surface area (Å²) in [5.41, 5.74) is 0.654. The van der Waals surface area contributed by atoms with E-state index in [1.165, 1.54) is 70.5 Å². The molecule has 0 amide bonds. The fourth-order valence-corrected chi connectivity index (χ4v) is 7.16. The summed E-state index contributed by atoms with van der Waals surface area (Å²) >= 11 is 0. The molecule has 0 radical (unpaired) electrons. The maximum Gasteiger partial charge on any atom is 0.419 e. The average molecular weight is 508 g/mol. The predicted octanol–water partition coefficient (Wildman–Crippen LogP) is 3.50. The van der Waals surface area contributed by atoms with Crippen molar-refractivity contribution in [3.8, 4) is 0 Å². The third kappa shape index (κ3) is 4.78. The van der Waals surface area contributed by atoms with Gasteiger partial charge in [0.2, 0.25) is 0 Å². The smallest absolute Gasteiger partial charge is 0.370 e. The van der Waals surface area contributed by atoms with Crippen molar-refractivity contribution in [2.45, 2.75) is 84.1 Å². The van der Waals surface area contributed by atoms with Crippen LogP contribution < -0.4 is 10.3 Å². The number of aromatic nitrogens is 1. The third-order valence-corrected chi connectivity index (χ3v) is 9.37. The van der Waals surface area contributed by atoms with E-state index < -0.39 is 11.7 Å². The lowest BCUT2D eigenvalue weighted by atomic mass is 9.44. The molecule has 6 nitrogen and oxygen atoms in total. The molecule has 0 spiro atoms. The highest BCUT2D eigenvalue weighted by molar-refractivity contribution is 5.98. The van der Waals surface area contributed by atoms with Gasteiger partial charge in [0, 0.05) is 55.4 Å². The van der Waals surface area contributed by atoms with E-state index in [0.29, 0.717) is 29.3 Å². The highest BCUT2D eigenvalue weighted by atomic mass is 19.4. The van der Waals surface area contributed by atoms with E-state index >= 15 is 0 Å². The minimum Gasteiger partial charge on any atom is -0.370 e. The van der Waals surface area contributed by atoms with Crippen LogP contribution in [0.25, 0.3) is 0 Å². The van der Waals surface area contributed by atoms with Gasteiger partial charge in [-0.15, -0.1) is 0 Å². The molecule has 2 saturated carbocycles. The molecule has 5 rings (SSSR count). The van der Waals surface area contributed by atoms with Gasteiger partial charge in [0.15, 0.2) is 0 Å². The number of hydrogen-bond acceptors (Lipinski definition) is 5. The number of pyridine rings is 1. The van der Waals surface area contributed by atoms with E-state index in [0.717, 1.165) is 23.5 Å². The summed E-state index contributed by atoms with van der Waals surface area (Å²) in [6.07, 6.45) is 3.53. The molecule has 5 atom stereocenters. The normalized spacial score (nSPS) is 32.0. The van der Waals surface area contributed by atoms with Gasteiger partial charge in [-0.3, -0.25) is 9.80 Å². The Labute approximate surface area is 213 Å². The highest BCUT2D eigenvalue weighted by Gasteiger charge is 2.63. The topological polar surface area (TPSA) is 48.2 Å². The monoisotopic (exact) mass is 507 g/mol. The molecule has 0 aromatic carbocycles. The number of hydrogen-bond donors (Lipinski definition) is 2. The summed E-state index contributed by atoms with van der Waals surface area (Å²) in [5.74, 6) is 0.623. The maximum atomic E-state index is 13.7. The van der Waals surface area contributed by atoms with Crippen LogP contribution in [0.2, 0.25) is 0 Å². The van der Waals surface area contributed by atoms with Gasteiger partial charge in [-0.2, -0.15) is 13.2 Å². The lowest BCUT2D eigenvalue weighted by Gasteiger charge is -2.66. The molecule has 1 aromatic heterocycles. The molecular weight excluding hydrogens is 465 g/mol. The first-order chi connectivity index (χ1) is 17.1. The first-order valence-corrected chi connectivity index (χ1v) is 13.8. The third-order valence-electron chi connectivity index (χ3n) is 9.37. The van der Waals surface area contributed by atoms with Crippen LogP contribution in [0.15, 0.2) is 17.4 Å². The Hall–Kier alpha value is -1.71. The van der Waals surface area contributed by atoms with Crippen LogP contribution in [0.3, 0.4) is 0 Å². The lowest BCUT2D eigenvalue weighted by Crippen LogP contribution is -3.13. The van der Waals surface area contributed by atoms with Crippen LogP contribution in [-0.2, 0) is 6.18 Å². The summed E-state index contributed by atoms with van der Waals surface area (Å²) in [5, 5.41) is 8.79. The minimum atomic E-state index is -4.46. The standard InChI is InChI=1S/C27H41F3N6/c1-5-31-25-23(27(28,29)30)13-20(15-32-25)19(4)33-36(18(2)3)17-26-9-8-22(26)24(14-26)35-12-11-34-10-6-7-21(34)16-35/h13,15,18,21-22,24H,5-12,14,16-17H2,1-4H3,(H,31,32)/p+1. The van der Waals surface area contributed by atoms with Crippen LogP contribution in [-0.4, -0.2) is 77.9 Å². The zero-order valence-corrected chi connectivity index (χ0v) is 22.2. The Balaban J connectivity index is 1.28. The Morgan fingerprint density at radius 2 is 2.03 bits per heavy atom. The van der Waals surface area contributed by atoms with E-state index in [4.69, 9.17) is 5.10 Å². The van der Waals surface area contributed by atoms with Gasteiger partial charge in [-0.05, 0) is 78.3 Å². The Morgan fingerprint density at radius 1 is 1.25 bits per heavy atom. The van der Waals surface area contributed by atoms with Crippen molar-refractivity contribution in [3.63, 3.8) is 0 Å². The minimum absolute atomic E-state index is 0.121. The molecule has 3 heterocycles. The molecular formula is C27H42F3N6+. The first-order valence-electron chi connectivity index (χ1n) is 13.8. The molecule has 2 aliphatic heterocycles. The van der Waals surface area contributed by atoms with Gasteiger partial charge in [-0.1, -0.05) is 5.10 Å². The van der Waals surface area contributed by atoms with Crippen LogP contribution in [0.5, 0.6) is 0 Å². The van der Waals surface area contributed by atoms with E-state index in [1.807, 2.05) is 6.92 Å². The molecule has 2 saturated heterocycles. The van der Waals surface area contributed by atoms with Gasteiger partial charge in [-0.25, -0.2) is 9.99 Å². The van der Waals surface area contributed by atoms with Gasteiger partial charge in [0.25, 0.3) is 0 Å². The Kier molecular flexibility index (Phi) is 7.11. The molecule has 36 heavy (non-hydrogen) atoms. The van der Waals surface area contributed by atoms with E-state index in [1.54, 1.807) is 6.92 Å².